The smallest absolute Gasteiger partial charge is 0.316 e. The number of hydrogen-bond acceptors (Lipinski definition) is 6. The summed E-state index contributed by atoms with van der Waals surface area (Å²) >= 11 is 0. The first kappa shape index (κ1) is 29.3. The van der Waals surface area contributed by atoms with Crippen LogP contribution in [0.2, 0.25) is 0 Å². The highest BCUT2D eigenvalue weighted by Gasteiger charge is 2.51. The Morgan fingerprint density at radius 2 is 1.87 bits per heavy atom. The van der Waals surface area contributed by atoms with Gasteiger partial charge in [-0.3, -0.25) is 4.79 Å². The maximum Gasteiger partial charge on any atom is 0.316 e. The van der Waals surface area contributed by atoms with E-state index in [-0.39, 0.29) is 24.7 Å². The van der Waals surface area contributed by atoms with Crippen LogP contribution in [0.3, 0.4) is 0 Å². The van der Waals surface area contributed by atoms with Crippen molar-refractivity contribution < 1.29 is 29.2 Å². The average molecular weight is 529 g/mol. The predicted molar refractivity (Wildman–Crippen MR) is 148 cm³/mol. The van der Waals surface area contributed by atoms with Crippen LogP contribution in [0.25, 0.3) is 0 Å². The zero-order valence-electron chi connectivity index (χ0n) is 24.1. The molecule has 1 spiro atoms. The van der Waals surface area contributed by atoms with Crippen LogP contribution in [0.4, 0.5) is 0 Å². The average Bonchev–Trinajstić information content (AvgIpc) is 2.85. The van der Waals surface area contributed by atoms with Gasteiger partial charge in [0.15, 0.2) is 5.79 Å². The topological polar surface area (TPSA) is 85.2 Å². The lowest BCUT2D eigenvalue weighted by Crippen LogP contribution is -2.55. The minimum Gasteiger partial charge on any atom is -0.462 e. The van der Waals surface area contributed by atoms with Gasteiger partial charge in [0.05, 0.1) is 18.3 Å². The highest BCUT2D eigenvalue weighted by atomic mass is 16.7. The number of esters is 1. The van der Waals surface area contributed by atoms with E-state index in [4.69, 9.17) is 14.2 Å². The third-order valence-electron chi connectivity index (χ3n) is 9.18. The molecule has 9 atom stereocenters. The summed E-state index contributed by atoms with van der Waals surface area (Å²) in [5.41, 5.74) is 1.09. The van der Waals surface area contributed by atoms with Gasteiger partial charge in [0.25, 0.3) is 0 Å². The summed E-state index contributed by atoms with van der Waals surface area (Å²) in [7, 11) is 0. The van der Waals surface area contributed by atoms with Crippen molar-refractivity contribution in [3.63, 3.8) is 0 Å². The zero-order chi connectivity index (χ0) is 27.7. The molecular formula is C32H48O6. The highest BCUT2D eigenvalue weighted by Crippen LogP contribution is 2.45. The molecule has 0 saturated carbocycles. The Hall–Kier alpha value is -1.73. The monoisotopic (exact) mass is 528 g/mol. The number of carbonyl (C=O) groups is 1. The lowest BCUT2D eigenvalue weighted by Gasteiger charge is -2.49. The largest absolute Gasteiger partial charge is 0.462 e. The summed E-state index contributed by atoms with van der Waals surface area (Å²) in [6.45, 7) is 12.3. The van der Waals surface area contributed by atoms with E-state index < -0.39 is 29.4 Å². The first-order valence-corrected chi connectivity index (χ1v) is 14.6. The Kier molecular flexibility index (Phi) is 9.08. The SMILES string of the molecule is CC[C@H]1O[C@]2(CC[C@@H]1C)C[C@@H]1C[C@@H](C/C=C(\C)C[C@@H](C)/C=C/C=C(\C)[C@]3(O)C[C@H](O)C(C)=C[C@H]3C(=O)O1)O2. The minimum atomic E-state index is -1.52. The predicted octanol–water partition coefficient (Wildman–Crippen LogP) is 5.94. The summed E-state index contributed by atoms with van der Waals surface area (Å²) in [4.78, 5) is 13.7. The second-order valence-corrected chi connectivity index (χ2v) is 12.5. The number of fused-ring (bicyclic) bond motifs is 3. The maximum absolute atomic E-state index is 13.7. The van der Waals surface area contributed by atoms with Gasteiger partial charge in [-0.05, 0) is 69.4 Å². The van der Waals surface area contributed by atoms with Gasteiger partial charge in [-0.2, -0.15) is 0 Å². The van der Waals surface area contributed by atoms with Gasteiger partial charge in [-0.25, -0.2) is 0 Å². The first-order valence-electron chi connectivity index (χ1n) is 14.6. The van der Waals surface area contributed by atoms with Crippen molar-refractivity contribution in [3.05, 3.63) is 47.1 Å². The summed E-state index contributed by atoms with van der Waals surface area (Å²) in [5, 5.41) is 22.4. The van der Waals surface area contributed by atoms with Crippen LogP contribution in [-0.4, -0.2) is 52.0 Å². The molecule has 4 rings (SSSR count). The Morgan fingerprint density at radius 3 is 2.61 bits per heavy atom. The number of hydrogen-bond donors (Lipinski definition) is 2. The number of carbonyl (C=O) groups excluding carboxylic acids is 1. The second kappa shape index (κ2) is 11.8. The molecule has 3 heterocycles. The molecule has 0 aromatic carbocycles. The van der Waals surface area contributed by atoms with Crippen molar-refractivity contribution in [1.82, 2.24) is 0 Å². The third kappa shape index (κ3) is 6.35. The molecule has 0 unspecified atom stereocenters. The van der Waals surface area contributed by atoms with Crippen LogP contribution >= 0.6 is 0 Å². The van der Waals surface area contributed by atoms with Gasteiger partial charge in [-0.1, -0.05) is 56.7 Å². The maximum atomic E-state index is 13.7. The molecule has 2 N–H and O–H groups in total. The summed E-state index contributed by atoms with van der Waals surface area (Å²) < 4.78 is 19.5. The van der Waals surface area contributed by atoms with E-state index >= 15 is 0 Å². The van der Waals surface area contributed by atoms with E-state index in [1.54, 1.807) is 13.0 Å². The van der Waals surface area contributed by atoms with Crippen LogP contribution in [-0.2, 0) is 19.0 Å². The highest BCUT2D eigenvalue weighted by molar-refractivity contribution is 5.78. The van der Waals surface area contributed by atoms with E-state index in [9.17, 15) is 15.0 Å². The molecular weight excluding hydrogens is 480 g/mol. The summed E-state index contributed by atoms with van der Waals surface area (Å²) in [5.74, 6) is -1.33. The van der Waals surface area contributed by atoms with Crippen molar-refractivity contribution >= 4 is 5.97 Å². The van der Waals surface area contributed by atoms with Crippen molar-refractivity contribution in [3.8, 4) is 0 Å². The molecule has 6 heteroatoms. The molecule has 0 amide bonds. The molecule has 0 radical (unpaired) electrons. The number of rotatable bonds is 1. The lowest BCUT2D eigenvalue weighted by molar-refractivity contribution is -0.335. The zero-order valence-corrected chi connectivity index (χ0v) is 24.1. The molecule has 38 heavy (non-hydrogen) atoms. The van der Waals surface area contributed by atoms with E-state index in [1.807, 2.05) is 19.1 Å². The van der Waals surface area contributed by atoms with E-state index in [2.05, 4.69) is 39.8 Å². The fourth-order valence-corrected chi connectivity index (χ4v) is 6.69. The fourth-order valence-electron chi connectivity index (χ4n) is 6.69. The summed E-state index contributed by atoms with van der Waals surface area (Å²) in [6.07, 6.45) is 14.2. The molecule has 0 aromatic rings. The van der Waals surface area contributed by atoms with Crippen molar-refractivity contribution in [1.29, 1.82) is 0 Å². The van der Waals surface area contributed by atoms with Gasteiger partial charge in [0.1, 0.15) is 17.6 Å². The summed E-state index contributed by atoms with van der Waals surface area (Å²) in [6, 6.07) is 0. The third-order valence-corrected chi connectivity index (χ3v) is 9.18. The van der Waals surface area contributed by atoms with Crippen LogP contribution in [0.15, 0.2) is 47.1 Å². The van der Waals surface area contributed by atoms with Crippen molar-refractivity contribution in [2.45, 2.75) is 129 Å². The quantitative estimate of drug-likeness (QED) is 0.324. The number of allylic oxidation sites excluding steroid dienone is 4. The van der Waals surface area contributed by atoms with Crippen LogP contribution in [0.1, 0.15) is 92.9 Å². The Morgan fingerprint density at radius 1 is 1.11 bits per heavy atom. The van der Waals surface area contributed by atoms with Crippen molar-refractivity contribution in [2.75, 3.05) is 0 Å². The molecule has 0 aromatic heterocycles. The standard InChI is InChI=1S/C32H48O6/c1-7-29-22(4)13-14-31(38-29)18-26-17-25(37-31)12-11-21(3)15-20(2)9-8-10-24(6)32(35)19-28(33)23(5)16-27(32)30(34)36-26/h8-11,16,20,22,25-29,33,35H,7,12-15,17-19H2,1-6H3/b9-8+,21-11+,24-10+/t20-,22-,25+,26-,27-,28-,29+,31+,32+/m0/s1. The second-order valence-electron chi connectivity index (χ2n) is 12.5. The Labute approximate surface area is 228 Å². The first-order chi connectivity index (χ1) is 17.9. The van der Waals surface area contributed by atoms with Gasteiger partial charge in [0.2, 0.25) is 0 Å². The Balaban J connectivity index is 1.70. The van der Waals surface area contributed by atoms with E-state index in [0.717, 1.165) is 32.1 Å². The molecule has 212 valence electrons. The number of ether oxygens (including phenoxy) is 3. The van der Waals surface area contributed by atoms with Gasteiger partial charge >= 0.3 is 5.97 Å². The molecule has 1 aliphatic carbocycles. The van der Waals surface area contributed by atoms with Crippen LogP contribution < -0.4 is 0 Å². The van der Waals surface area contributed by atoms with Crippen molar-refractivity contribution in [2.24, 2.45) is 17.8 Å². The van der Waals surface area contributed by atoms with Crippen LogP contribution in [0, 0.1) is 17.8 Å². The van der Waals surface area contributed by atoms with E-state index in [0.29, 0.717) is 35.8 Å². The van der Waals surface area contributed by atoms with Gasteiger partial charge in [-0.15, -0.1) is 0 Å². The molecule has 2 bridgehead atoms. The lowest BCUT2D eigenvalue weighted by atomic mass is 9.71. The fraction of sp³-hybridized carbons (Fsp3) is 0.719. The molecule has 4 aliphatic rings. The number of aliphatic hydroxyl groups excluding tert-OH is 1. The minimum absolute atomic E-state index is 0.0577. The van der Waals surface area contributed by atoms with Gasteiger partial charge < -0.3 is 24.4 Å². The molecule has 3 aliphatic heterocycles. The molecule has 6 nitrogen and oxygen atoms in total. The number of aliphatic hydroxyl groups is 2. The van der Waals surface area contributed by atoms with E-state index in [1.165, 1.54) is 5.57 Å². The van der Waals surface area contributed by atoms with Gasteiger partial charge in [0, 0.05) is 25.7 Å². The molecule has 2 saturated heterocycles. The Bertz CT molecular complexity index is 994. The van der Waals surface area contributed by atoms with Crippen LogP contribution in [0.5, 0.6) is 0 Å². The molecule has 2 fully saturated rings. The normalized spacial score (nSPS) is 46.6.